The van der Waals surface area contributed by atoms with E-state index in [0.717, 1.165) is 15.4 Å². The first kappa shape index (κ1) is 15.4. The summed E-state index contributed by atoms with van der Waals surface area (Å²) in [7, 11) is -3.32. The smallest absolute Gasteiger partial charge is 0.234 e. The van der Waals surface area contributed by atoms with Gasteiger partial charge in [-0.2, -0.15) is 0 Å². The molecule has 8 heteroatoms. The van der Waals surface area contributed by atoms with E-state index in [1.807, 2.05) is 31.4 Å². The summed E-state index contributed by atoms with van der Waals surface area (Å²) in [6.07, 6.45) is 0. The number of thiophene rings is 1. The van der Waals surface area contributed by atoms with Gasteiger partial charge in [-0.25, -0.2) is 13.4 Å². The maximum atomic E-state index is 11.8. The van der Waals surface area contributed by atoms with E-state index < -0.39 is 10.0 Å². The Morgan fingerprint density at radius 2 is 2.15 bits per heavy atom. The lowest BCUT2D eigenvalue weighted by Crippen LogP contribution is -2.19. The third kappa shape index (κ3) is 4.02. The van der Waals surface area contributed by atoms with Gasteiger partial charge in [0.2, 0.25) is 10.0 Å². The van der Waals surface area contributed by atoms with Crippen molar-refractivity contribution in [3.05, 3.63) is 22.4 Å². The van der Waals surface area contributed by atoms with Crippen molar-refractivity contribution >= 4 is 37.8 Å². The molecule has 0 aromatic carbocycles. The molecule has 0 fully saturated rings. The summed E-state index contributed by atoms with van der Waals surface area (Å²) in [6, 6.07) is 3.91. The Hall–Kier alpha value is -0.960. The first-order valence-electron chi connectivity index (χ1n) is 6.15. The Balaban J connectivity index is 2.13. The third-order valence-corrected chi connectivity index (χ3v) is 6.04. The quantitative estimate of drug-likeness (QED) is 0.852. The normalized spacial score (nSPS) is 12.0. The Kier molecular flexibility index (Phi) is 4.79. The van der Waals surface area contributed by atoms with Gasteiger partial charge in [0.05, 0.1) is 16.3 Å². The van der Waals surface area contributed by atoms with Crippen molar-refractivity contribution in [2.45, 2.75) is 20.4 Å². The highest BCUT2D eigenvalue weighted by Gasteiger charge is 2.15. The van der Waals surface area contributed by atoms with Crippen molar-refractivity contribution in [3.63, 3.8) is 0 Å². The van der Waals surface area contributed by atoms with Gasteiger partial charge >= 0.3 is 0 Å². The molecule has 0 bridgehead atoms. The highest BCUT2D eigenvalue weighted by Crippen LogP contribution is 2.31. The fourth-order valence-corrected chi connectivity index (χ4v) is 4.99. The Bertz CT molecular complexity index is 674. The van der Waals surface area contributed by atoms with Crippen molar-refractivity contribution in [1.29, 1.82) is 0 Å². The molecule has 0 saturated heterocycles. The lowest BCUT2D eigenvalue weighted by molar-refractivity contribution is 0.587. The second-order valence-electron chi connectivity index (χ2n) is 4.79. The largest absolute Gasteiger partial charge is 0.326 e. The van der Waals surface area contributed by atoms with Gasteiger partial charge in [0.1, 0.15) is 0 Å². The van der Waals surface area contributed by atoms with Crippen LogP contribution in [-0.4, -0.2) is 19.2 Å². The second-order valence-corrected chi connectivity index (χ2v) is 8.58. The maximum Gasteiger partial charge on any atom is 0.234 e. The number of nitrogens with zero attached hydrogens (tertiary/aromatic N) is 1. The molecule has 0 amide bonds. The number of aromatic nitrogens is 1. The number of hydrogen-bond acceptors (Lipinski definition) is 6. The molecular weight excluding hydrogens is 314 g/mol. The lowest BCUT2D eigenvalue weighted by Gasteiger charge is -2.06. The molecule has 0 aliphatic carbocycles. The number of nitrogens with one attached hydrogen (secondary N) is 1. The zero-order valence-electron chi connectivity index (χ0n) is 11.3. The van der Waals surface area contributed by atoms with Crippen LogP contribution >= 0.6 is 22.7 Å². The van der Waals surface area contributed by atoms with Crippen LogP contribution < -0.4 is 10.5 Å². The van der Waals surface area contributed by atoms with E-state index in [-0.39, 0.29) is 11.7 Å². The van der Waals surface area contributed by atoms with Gasteiger partial charge in [-0.3, -0.25) is 4.72 Å². The minimum Gasteiger partial charge on any atom is -0.326 e. The second kappa shape index (κ2) is 6.21. The standard InChI is InChI=1S/C12H17N3O2S3/c1-8(2)7-20(16,17)15-12-14-10(6-18-12)11-4-3-9(5-13)19-11/h3-4,6,8H,5,7,13H2,1-2H3,(H,14,15). The molecule has 0 radical (unpaired) electrons. The summed E-state index contributed by atoms with van der Waals surface area (Å²) in [5.74, 6) is 0.175. The number of rotatable bonds is 6. The number of thiazole rings is 1. The SMILES string of the molecule is CC(C)CS(=O)(=O)Nc1nc(-c2ccc(CN)s2)cs1. The van der Waals surface area contributed by atoms with Crippen molar-refractivity contribution in [2.75, 3.05) is 10.5 Å². The number of anilines is 1. The highest BCUT2D eigenvalue weighted by atomic mass is 32.2. The Morgan fingerprint density at radius 1 is 1.40 bits per heavy atom. The van der Waals surface area contributed by atoms with E-state index in [0.29, 0.717) is 11.7 Å². The van der Waals surface area contributed by atoms with Crippen molar-refractivity contribution in [1.82, 2.24) is 4.98 Å². The van der Waals surface area contributed by atoms with Crippen LogP contribution in [-0.2, 0) is 16.6 Å². The van der Waals surface area contributed by atoms with Crippen LogP contribution in [0.25, 0.3) is 10.6 Å². The van der Waals surface area contributed by atoms with Crippen LogP contribution in [0.2, 0.25) is 0 Å². The molecule has 2 rings (SSSR count). The Morgan fingerprint density at radius 3 is 2.75 bits per heavy atom. The topological polar surface area (TPSA) is 85.1 Å². The first-order valence-corrected chi connectivity index (χ1v) is 9.49. The van der Waals surface area contributed by atoms with Gasteiger partial charge in [-0.15, -0.1) is 22.7 Å². The summed E-state index contributed by atoms with van der Waals surface area (Å²) < 4.78 is 26.2. The summed E-state index contributed by atoms with van der Waals surface area (Å²) in [6.45, 7) is 4.24. The van der Waals surface area contributed by atoms with Crippen molar-refractivity contribution < 1.29 is 8.42 Å². The molecule has 2 aromatic rings. The van der Waals surface area contributed by atoms with Crippen molar-refractivity contribution in [2.24, 2.45) is 11.7 Å². The van der Waals surface area contributed by atoms with Gasteiger partial charge in [0.15, 0.2) is 5.13 Å². The highest BCUT2D eigenvalue weighted by molar-refractivity contribution is 7.92. The van der Waals surface area contributed by atoms with Crippen LogP contribution in [0.15, 0.2) is 17.5 Å². The zero-order chi connectivity index (χ0) is 14.8. The van der Waals surface area contributed by atoms with Crippen LogP contribution in [0.3, 0.4) is 0 Å². The molecular formula is C12H17N3O2S3. The number of hydrogen-bond donors (Lipinski definition) is 2. The molecule has 0 aliphatic rings. The number of sulfonamides is 1. The predicted octanol–water partition coefficient (Wildman–Crippen LogP) is 2.73. The minimum atomic E-state index is -3.32. The fraction of sp³-hybridized carbons (Fsp3) is 0.417. The van der Waals surface area contributed by atoms with Gasteiger partial charge in [-0.1, -0.05) is 13.8 Å². The van der Waals surface area contributed by atoms with E-state index in [9.17, 15) is 8.42 Å². The van der Waals surface area contributed by atoms with E-state index in [1.165, 1.54) is 11.3 Å². The average molecular weight is 331 g/mol. The summed E-state index contributed by atoms with van der Waals surface area (Å²) in [4.78, 5) is 6.39. The molecule has 3 N–H and O–H groups in total. The van der Waals surface area contributed by atoms with E-state index in [4.69, 9.17) is 5.73 Å². The lowest BCUT2D eigenvalue weighted by atomic mass is 10.3. The van der Waals surface area contributed by atoms with Crippen LogP contribution in [0.1, 0.15) is 18.7 Å². The van der Waals surface area contributed by atoms with Crippen LogP contribution in [0.4, 0.5) is 5.13 Å². The van der Waals surface area contributed by atoms with E-state index in [2.05, 4.69) is 9.71 Å². The maximum absolute atomic E-state index is 11.8. The number of nitrogens with two attached hydrogens (primary N) is 1. The van der Waals surface area contributed by atoms with Gasteiger partial charge in [-0.05, 0) is 18.1 Å². The molecule has 5 nitrogen and oxygen atoms in total. The molecule has 110 valence electrons. The molecule has 20 heavy (non-hydrogen) atoms. The average Bonchev–Trinajstić information content (AvgIpc) is 2.94. The predicted molar refractivity (Wildman–Crippen MR) is 85.6 cm³/mol. The molecule has 2 aromatic heterocycles. The Labute approximate surface area is 126 Å². The van der Waals surface area contributed by atoms with E-state index >= 15 is 0 Å². The molecule has 2 heterocycles. The van der Waals surface area contributed by atoms with Crippen molar-refractivity contribution in [3.8, 4) is 10.6 Å². The molecule has 0 saturated carbocycles. The fourth-order valence-electron chi connectivity index (χ4n) is 1.67. The molecule has 0 aliphatic heterocycles. The summed E-state index contributed by atoms with van der Waals surface area (Å²) in [5.41, 5.74) is 6.36. The summed E-state index contributed by atoms with van der Waals surface area (Å²) in [5, 5.41) is 2.25. The monoisotopic (exact) mass is 331 g/mol. The van der Waals surface area contributed by atoms with Gasteiger partial charge < -0.3 is 5.73 Å². The third-order valence-electron chi connectivity index (χ3n) is 2.42. The van der Waals surface area contributed by atoms with Crippen LogP contribution in [0.5, 0.6) is 0 Å². The summed E-state index contributed by atoms with van der Waals surface area (Å²) >= 11 is 2.86. The molecule has 0 unspecified atom stereocenters. The van der Waals surface area contributed by atoms with Gasteiger partial charge in [0, 0.05) is 16.8 Å². The molecule has 0 atom stereocenters. The first-order chi connectivity index (χ1) is 9.39. The van der Waals surface area contributed by atoms with Gasteiger partial charge in [0.25, 0.3) is 0 Å². The molecule has 0 spiro atoms. The van der Waals surface area contributed by atoms with E-state index in [1.54, 1.807) is 11.3 Å². The minimum absolute atomic E-state index is 0.0799. The zero-order valence-corrected chi connectivity index (χ0v) is 13.7. The van der Waals surface area contributed by atoms with Crippen LogP contribution in [0, 0.1) is 5.92 Å².